The molecule has 0 radical (unpaired) electrons. The van der Waals surface area contributed by atoms with E-state index in [0.717, 1.165) is 5.56 Å². The first-order valence-corrected chi connectivity index (χ1v) is 8.27. The molecule has 0 aliphatic rings. The van der Waals surface area contributed by atoms with Crippen LogP contribution in [0.5, 0.6) is 5.75 Å². The second kappa shape index (κ2) is 7.45. The molecule has 0 bridgehead atoms. The number of benzene rings is 1. The number of aromatic amines is 1. The number of aryl methyl sites for hydroxylation is 1. The van der Waals surface area contributed by atoms with Gasteiger partial charge in [-0.2, -0.15) is 0 Å². The van der Waals surface area contributed by atoms with Crippen molar-refractivity contribution >= 4 is 11.8 Å². The maximum absolute atomic E-state index is 12.8. The van der Waals surface area contributed by atoms with E-state index >= 15 is 0 Å². The number of esters is 1. The Bertz CT molecular complexity index is 958. The number of carbonyl (C=O) groups is 2. The molecule has 0 saturated heterocycles. The monoisotopic (exact) mass is 369 g/mol. The van der Waals surface area contributed by atoms with Gasteiger partial charge in [0.25, 0.3) is 0 Å². The van der Waals surface area contributed by atoms with Crippen molar-refractivity contribution in [3.63, 3.8) is 0 Å². The Morgan fingerprint density at radius 1 is 1.19 bits per heavy atom. The molecular formula is C19H19N3O5. The van der Waals surface area contributed by atoms with Crippen molar-refractivity contribution in [3.8, 4) is 17.2 Å². The fourth-order valence-corrected chi connectivity index (χ4v) is 2.84. The van der Waals surface area contributed by atoms with E-state index in [-0.39, 0.29) is 5.78 Å². The number of rotatable bonds is 6. The number of nitrogens with one attached hydrogen (secondary N) is 1. The number of Topliss-reactive ketones (excluding diaryl/α,β-unsaturated/α-hetero) is 1. The third kappa shape index (κ3) is 3.59. The Morgan fingerprint density at radius 3 is 2.48 bits per heavy atom. The van der Waals surface area contributed by atoms with Gasteiger partial charge in [-0.1, -0.05) is 0 Å². The first-order valence-electron chi connectivity index (χ1n) is 8.27. The lowest BCUT2D eigenvalue weighted by Crippen LogP contribution is -2.25. The number of methoxy groups -OCH3 is 1. The Balaban J connectivity index is 1.75. The van der Waals surface area contributed by atoms with Gasteiger partial charge in [0.05, 0.1) is 18.4 Å². The van der Waals surface area contributed by atoms with E-state index < -0.39 is 12.1 Å². The molecule has 0 spiro atoms. The first-order chi connectivity index (χ1) is 12.9. The summed E-state index contributed by atoms with van der Waals surface area (Å²) >= 11 is 0. The summed E-state index contributed by atoms with van der Waals surface area (Å²) in [7, 11) is 1.30. The number of carbonyl (C=O) groups excluding carboxylic acids is 2. The molecule has 3 rings (SSSR count). The predicted molar refractivity (Wildman–Crippen MR) is 95.8 cm³/mol. The summed E-state index contributed by atoms with van der Waals surface area (Å²) in [5.41, 5.74) is 2.59. The Morgan fingerprint density at radius 2 is 1.89 bits per heavy atom. The summed E-state index contributed by atoms with van der Waals surface area (Å²) in [5, 5.41) is 7.47. The predicted octanol–water partition coefficient (Wildman–Crippen LogP) is 3.12. The first kappa shape index (κ1) is 18.4. The van der Waals surface area contributed by atoms with Crippen molar-refractivity contribution in [2.24, 2.45) is 0 Å². The molecule has 1 N–H and O–H groups in total. The molecule has 0 saturated carbocycles. The number of aromatic nitrogens is 3. The van der Waals surface area contributed by atoms with Crippen LogP contribution in [0.25, 0.3) is 11.5 Å². The van der Waals surface area contributed by atoms with Gasteiger partial charge in [0.1, 0.15) is 5.75 Å². The SMILES string of the molecule is COC(=O)c1c(C)[nH]c(C(=O)[C@H](C)Oc2ccc(-c3nnco3)cc2)c1C. The number of hydrogen-bond acceptors (Lipinski definition) is 7. The van der Waals surface area contributed by atoms with Gasteiger partial charge in [0.15, 0.2) is 6.10 Å². The van der Waals surface area contributed by atoms with E-state index in [1.807, 2.05) is 0 Å². The maximum atomic E-state index is 12.8. The number of hydrogen-bond donors (Lipinski definition) is 1. The van der Waals surface area contributed by atoms with Crippen LogP contribution in [-0.2, 0) is 4.74 Å². The van der Waals surface area contributed by atoms with Crippen LogP contribution in [-0.4, -0.2) is 40.1 Å². The van der Waals surface area contributed by atoms with E-state index in [1.165, 1.54) is 13.5 Å². The zero-order valence-electron chi connectivity index (χ0n) is 15.4. The van der Waals surface area contributed by atoms with E-state index in [4.69, 9.17) is 13.9 Å². The second-order valence-electron chi connectivity index (χ2n) is 6.01. The van der Waals surface area contributed by atoms with E-state index in [2.05, 4.69) is 15.2 Å². The topological polar surface area (TPSA) is 107 Å². The zero-order chi connectivity index (χ0) is 19.6. The highest BCUT2D eigenvalue weighted by Gasteiger charge is 2.26. The van der Waals surface area contributed by atoms with E-state index in [0.29, 0.717) is 34.2 Å². The van der Waals surface area contributed by atoms with Gasteiger partial charge in [0.2, 0.25) is 18.1 Å². The fraction of sp³-hybridized carbons (Fsp3) is 0.263. The van der Waals surface area contributed by atoms with Crippen molar-refractivity contribution in [2.45, 2.75) is 26.9 Å². The van der Waals surface area contributed by atoms with Crippen molar-refractivity contribution in [1.29, 1.82) is 0 Å². The Hall–Kier alpha value is -3.42. The molecule has 2 aromatic heterocycles. The van der Waals surface area contributed by atoms with Crippen LogP contribution in [0.1, 0.15) is 39.0 Å². The Kier molecular flexibility index (Phi) is 5.07. The molecule has 140 valence electrons. The minimum atomic E-state index is -0.749. The molecule has 2 heterocycles. The van der Waals surface area contributed by atoms with Gasteiger partial charge in [-0.25, -0.2) is 4.79 Å². The van der Waals surface area contributed by atoms with Crippen LogP contribution in [0.4, 0.5) is 0 Å². The number of nitrogens with zero attached hydrogens (tertiary/aromatic N) is 2. The van der Waals surface area contributed by atoms with Gasteiger partial charge in [0, 0.05) is 11.3 Å². The van der Waals surface area contributed by atoms with Gasteiger partial charge in [-0.05, 0) is 50.6 Å². The molecular weight excluding hydrogens is 350 g/mol. The molecule has 8 heteroatoms. The third-order valence-corrected chi connectivity index (χ3v) is 4.22. The minimum absolute atomic E-state index is 0.258. The molecule has 0 aliphatic heterocycles. The average molecular weight is 369 g/mol. The van der Waals surface area contributed by atoms with Crippen molar-refractivity contribution in [3.05, 3.63) is 53.2 Å². The van der Waals surface area contributed by atoms with Crippen molar-refractivity contribution in [1.82, 2.24) is 15.2 Å². The molecule has 27 heavy (non-hydrogen) atoms. The van der Waals surface area contributed by atoms with Crippen LogP contribution >= 0.6 is 0 Å². The summed E-state index contributed by atoms with van der Waals surface area (Å²) in [4.78, 5) is 27.6. The standard InChI is InChI=1S/C19H19N3O5/c1-10-15(19(24)25-4)11(2)21-16(10)17(23)12(3)27-14-7-5-13(6-8-14)18-22-20-9-26-18/h5-9,12,21H,1-4H3/t12-/m0/s1. The highest BCUT2D eigenvalue weighted by atomic mass is 16.5. The molecule has 8 nitrogen and oxygen atoms in total. The lowest BCUT2D eigenvalue weighted by molar-refractivity contribution is 0.0599. The minimum Gasteiger partial charge on any atom is -0.483 e. The van der Waals surface area contributed by atoms with Gasteiger partial charge < -0.3 is 18.9 Å². The number of ketones is 1. The number of ether oxygens (including phenoxy) is 2. The van der Waals surface area contributed by atoms with E-state index in [1.54, 1.807) is 45.0 Å². The van der Waals surface area contributed by atoms with E-state index in [9.17, 15) is 9.59 Å². The number of H-pyrrole nitrogens is 1. The quantitative estimate of drug-likeness (QED) is 0.525. The lowest BCUT2D eigenvalue weighted by atomic mass is 10.1. The van der Waals surface area contributed by atoms with Crippen LogP contribution in [0, 0.1) is 13.8 Å². The molecule has 3 aromatic rings. The van der Waals surface area contributed by atoms with Crippen molar-refractivity contribution in [2.75, 3.05) is 7.11 Å². The fourth-order valence-electron chi connectivity index (χ4n) is 2.84. The normalized spacial score (nSPS) is 11.9. The summed E-state index contributed by atoms with van der Waals surface area (Å²) < 4.78 is 15.6. The van der Waals surface area contributed by atoms with Crippen molar-refractivity contribution < 1.29 is 23.5 Å². The van der Waals surface area contributed by atoms with Crippen LogP contribution in [0.2, 0.25) is 0 Å². The summed E-state index contributed by atoms with van der Waals surface area (Å²) in [5.74, 6) is 0.184. The van der Waals surface area contributed by atoms with Crippen LogP contribution in [0.15, 0.2) is 35.1 Å². The summed E-state index contributed by atoms with van der Waals surface area (Å²) in [6, 6.07) is 6.96. The molecule has 0 amide bonds. The van der Waals surface area contributed by atoms with Crippen LogP contribution in [0.3, 0.4) is 0 Å². The Labute approximate surface area is 155 Å². The van der Waals surface area contributed by atoms with Gasteiger partial charge >= 0.3 is 5.97 Å². The lowest BCUT2D eigenvalue weighted by Gasteiger charge is -2.13. The third-order valence-electron chi connectivity index (χ3n) is 4.22. The molecule has 0 aliphatic carbocycles. The van der Waals surface area contributed by atoms with Gasteiger partial charge in [-0.15, -0.1) is 10.2 Å². The van der Waals surface area contributed by atoms with Gasteiger partial charge in [-0.3, -0.25) is 4.79 Å². The average Bonchev–Trinajstić information content (AvgIpc) is 3.29. The maximum Gasteiger partial charge on any atom is 0.339 e. The highest BCUT2D eigenvalue weighted by molar-refractivity contribution is 6.03. The largest absolute Gasteiger partial charge is 0.483 e. The van der Waals surface area contributed by atoms with Crippen LogP contribution < -0.4 is 4.74 Å². The molecule has 1 aromatic carbocycles. The zero-order valence-corrected chi connectivity index (χ0v) is 15.4. The molecule has 1 atom stereocenters. The molecule has 0 unspecified atom stereocenters. The highest BCUT2D eigenvalue weighted by Crippen LogP contribution is 2.23. The summed E-state index contributed by atoms with van der Waals surface area (Å²) in [6.45, 7) is 5.08. The summed E-state index contributed by atoms with van der Waals surface area (Å²) in [6.07, 6.45) is 0.505. The second-order valence-corrected chi connectivity index (χ2v) is 6.01. The smallest absolute Gasteiger partial charge is 0.339 e. The molecule has 0 fully saturated rings.